The molecule has 0 fully saturated rings. The Morgan fingerprint density at radius 3 is 2.62 bits per heavy atom. The minimum atomic E-state index is -3.30. The standard InChI is InChI=1S/C10H21N3O2S/c1-3-13(4-2)16(14,15)12-9-10-5-7-11-8-6-10/h5,11-12H,3-4,6-9H2,1-2H3. The average molecular weight is 247 g/mol. The second kappa shape index (κ2) is 6.34. The lowest BCUT2D eigenvalue weighted by molar-refractivity contribution is 0.436. The van der Waals surface area contributed by atoms with E-state index in [2.05, 4.69) is 10.0 Å². The summed E-state index contributed by atoms with van der Waals surface area (Å²) in [7, 11) is -3.30. The molecule has 0 unspecified atom stereocenters. The van der Waals surface area contributed by atoms with E-state index in [0.717, 1.165) is 25.1 Å². The monoisotopic (exact) mass is 247 g/mol. The maximum Gasteiger partial charge on any atom is 0.279 e. The molecule has 94 valence electrons. The molecule has 1 aliphatic heterocycles. The molecule has 0 bridgehead atoms. The summed E-state index contributed by atoms with van der Waals surface area (Å²) >= 11 is 0. The molecule has 0 atom stereocenters. The predicted molar refractivity (Wildman–Crippen MR) is 65.4 cm³/mol. The summed E-state index contributed by atoms with van der Waals surface area (Å²) in [5.41, 5.74) is 1.16. The molecule has 0 saturated heterocycles. The Kier molecular flexibility index (Phi) is 5.40. The van der Waals surface area contributed by atoms with Gasteiger partial charge < -0.3 is 5.32 Å². The number of rotatable bonds is 6. The van der Waals surface area contributed by atoms with Gasteiger partial charge in [-0.25, -0.2) is 0 Å². The Balaban J connectivity index is 2.50. The lowest BCUT2D eigenvalue weighted by Crippen LogP contribution is -2.41. The largest absolute Gasteiger partial charge is 0.313 e. The molecular formula is C10H21N3O2S. The molecule has 0 radical (unpaired) electrons. The van der Waals surface area contributed by atoms with Crippen molar-refractivity contribution in [1.82, 2.24) is 14.3 Å². The normalized spacial score (nSPS) is 17.6. The van der Waals surface area contributed by atoms with Crippen LogP contribution in [0.1, 0.15) is 20.3 Å². The van der Waals surface area contributed by atoms with Gasteiger partial charge in [0.25, 0.3) is 10.2 Å². The van der Waals surface area contributed by atoms with E-state index < -0.39 is 10.2 Å². The zero-order valence-electron chi connectivity index (χ0n) is 9.99. The first kappa shape index (κ1) is 13.6. The third-order valence-electron chi connectivity index (χ3n) is 2.68. The van der Waals surface area contributed by atoms with Gasteiger partial charge in [0, 0.05) is 26.2 Å². The Morgan fingerprint density at radius 2 is 2.12 bits per heavy atom. The maximum atomic E-state index is 11.8. The zero-order chi connectivity index (χ0) is 12.0. The van der Waals surface area contributed by atoms with Crippen LogP contribution in [-0.4, -0.2) is 45.4 Å². The van der Waals surface area contributed by atoms with Crippen LogP contribution in [0.15, 0.2) is 11.6 Å². The molecule has 0 spiro atoms. The van der Waals surface area contributed by atoms with Crippen LogP contribution in [0.3, 0.4) is 0 Å². The summed E-state index contributed by atoms with van der Waals surface area (Å²) < 4.78 is 27.7. The first-order valence-corrected chi connectivity index (χ1v) is 7.17. The third kappa shape index (κ3) is 3.86. The predicted octanol–water partition coefficient (Wildman–Crippen LogP) is 0.0823. The lowest BCUT2D eigenvalue weighted by atomic mass is 10.1. The highest BCUT2D eigenvalue weighted by Crippen LogP contribution is 2.04. The molecule has 0 aromatic carbocycles. The number of hydrogen-bond acceptors (Lipinski definition) is 3. The van der Waals surface area contributed by atoms with Crippen LogP contribution in [0, 0.1) is 0 Å². The lowest BCUT2D eigenvalue weighted by Gasteiger charge is -2.20. The third-order valence-corrected chi connectivity index (χ3v) is 4.39. The van der Waals surface area contributed by atoms with E-state index in [-0.39, 0.29) is 0 Å². The molecule has 5 nitrogen and oxygen atoms in total. The quantitative estimate of drug-likeness (QED) is 0.654. The van der Waals surface area contributed by atoms with Gasteiger partial charge in [-0.3, -0.25) is 0 Å². The van der Waals surface area contributed by atoms with Crippen molar-refractivity contribution in [3.8, 4) is 0 Å². The maximum absolute atomic E-state index is 11.8. The topological polar surface area (TPSA) is 61.4 Å². The molecule has 1 heterocycles. The molecule has 2 N–H and O–H groups in total. The van der Waals surface area contributed by atoms with E-state index in [4.69, 9.17) is 0 Å². The van der Waals surface area contributed by atoms with Crippen LogP contribution in [0.5, 0.6) is 0 Å². The van der Waals surface area contributed by atoms with Crippen LogP contribution >= 0.6 is 0 Å². The summed E-state index contributed by atoms with van der Waals surface area (Å²) in [6.07, 6.45) is 2.97. The fraction of sp³-hybridized carbons (Fsp3) is 0.800. The summed E-state index contributed by atoms with van der Waals surface area (Å²) in [4.78, 5) is 0. The molecule has 0 aliphatic carbocycles. The van der Waals surface area contributed by atoms with Crippen LogP contribution in [-0.2, 0) is 10.2 Å². The zero-order valence-corrected chi connectivity index (χ0v) is 10.8. The smallest absolute Gasteiger partial charge is 0.279 e. The second-order valence-corrected chi connectivity index (χ2v) is 5.48. The highest BCUT2D eigenvalue weighted by Gasteiger charge is 2.18. The van der Waals surface area contributed by atoms with Gasteiger partial charge in [-0.05, 0) is 13.0 Å². The van der Waals surface area contributed by atoms with E-state index in [0.29, 0.717) is 19.6 Å². The summed E-state index contributed by atoms with van der Waals surface area (Å²) in [6.45, 7) is 6.89. The van der Waals surface area contributed by atoms with Crippen molar-refractivity contribution in [3.63, 3.8) is 0 Å². The number of nitrogens with one attached hydrogen (secondary N) is 2. The van der Waals surface area contributed by atoms with Gasteiger partial charge in [0.1, 0.15) is 0 Å². The molecule has 0 aromatic rings. The fourth-order valence-corrected chi connectivity index (χ4v) is 2.90. The minimum Gasteiger partial charge on any atom is -0.313 e. The van der Waals surface area contributed by atoms with Crippen molar-refractivity contribution in [3.05, 3.63) is 11.6 Å². The first-order chi connectivity index (χ1) is 7.60. The van der Waals surface area contributed by atoms with Crippen LogP contribution in [0.4, 0.5) is 0 Å². The minimum absolute atomic E-state index is 0.431. The van der Waals surface area contributed by atoms with Crippen molar-refractivity contribution in [2.75, 3.05) is 32.7 Å². The fourth-order valence-electron chi connectivity index (χ4n) is 1.67. The summed E-state index contributed by atoms with van der Waals surface area (Å²) in [6, 6.07) is 0. The van der Waals surface area contributed by atoms with Crippen molar-refractivity contribution >= 4 is 10.2 Å². The molecule has 0 aromatic heterocycles. The number of nitrogens with zero attached hydrogens (tertiary/aromatic N) is 1. The van der Waals surface area contributed by atoms with Gasteiger partial charge in [0.15, 0.2) is 0 Å². The van der Waals surface area contributed by atoms with Crippen LogP contribution in [0.2, 0.25) is 0 Å². The molecule has 0 amide bonds. The summed E-state index contributed by atoms with van der Waals surface area (Å²) in [5, 5.41) is 3.19. The highest BCUT2D eigenvalue weighted by atomic mass is 32.2. The van der Waals surface area contributed by atoms with E-state index in [1.807, 2.05) is 19.9 Å². The van der Waals surface area contributed by atoms with Gasteiger partial charge >= 0.3 is 0 Å². The Bertz CT molecular complexity index is 334. The molecule has 1 aliphatic rings. The van der Waals surface area contributed by atoms with E-state index >= 15 is 0 Å². The van der Waals surface area contributed by atoms with E-state index in [1.165, 1.54) is 4.31 Å². The Labute approximate surface area is 98.1 Å². The summed E-state index contributed by atoms with van der Waals surface area (Å²) in [5.74, 6) is 0. The van der Waals surface area contributed by atoms with Crippen LogP contribution in [0.25, 0.3) is 0 Å². The second-order valence-electron chi connectivity index (χ2n) is 3.73. The number of hydrogen-bond donors (Lipinski definition) is 2. The average Bonchev–Trinajstić information content (AvgIpc) is 2.29. The SMILES string of the molecule is CCN(CC)S(=O)(=O)NCC1=CCNCC1. The van der Waals surface area contributed by atoms with Gasteiger partial charge in [0.05, 0.1) is 0 Å². The van der Waals surface area contributed by atoms with Gasteiger partial charge in [-0.1, -0.05) is 25.5 Å². The molecule has 1 rings (SSSR count). The van der Waals surface area contributed by atoms with Crippen LogP contribution < -0.4 is 10.0 Å². The van der Waals surface area contributed by atoms with Gasteiger partial charge in [-0.2, -0.15) is 17.4 Å². The van der Waals surface area contributed by atoms with E-state index in [1.54, 1.807) is 0 Å². The molecule has 16 heavy (non-hydrogen) atoms. The molecular weight excluding hydrogens is 226 g/mol. The molecule has 6 heteroatoms. The Hall–Kier alpha value is -0.430. The molecule has 0 saturated carbocycles. The van der Waals surface area contributed by atoms with E-state index in [9.17, 15) is 8.42 Å². The van der Waals surface area contributed by atoms with Gasteiger partial charge in [0.2, 0.25) is 0 Å². The highest BCUT2D eigenvalue weighted by molar-refractivity contribution is 7.87. The van der Waals surface area contributed by atoms with Crippen molar-refractivity contribution in [2.45, 2.75) is 20.3 Å². The van der Waals surface area contributed by atoms with Crippen molar-refractivity contribution in [1.29, 1.82) is 0 Å². The first-order valence-electron chi connectivity index (χ1n) is 5.73. The van der Waals surface area contributed by atoms with Crippen molar-refractivity contribution < 1.29 is 8.42 Å². The van der Waals surface area contributed by atoms with Gasteiger partial charge in [-0.15, -0.1) is 0 Å². The Morgan fingerprint density at radius 1 is 1.44 bits per heavy atom. The van der Waals surface area contributed by atoms with Crippen molar-refractivity contribution in [2.24, 2.45) is 0 Å².